The van der Waals surface area contributed by atoms with Gasteiger partial charge in [-0.05, 0) is 36.1 Å². The van der Waals surface area contributed by atoms with Gasteiger partial charge < -0.3 is 10.3 Å². The first kappa shape index (κ1) is 21.1. The van der Waals surface area contributed by atoms with Crippen molar-refractivity contribution in [3.63, 3.8) is 0 Å². The third-order valence-corrected chi connectivity index (χ3v) is 6.51. The van der Waals surface area contributed by atoms with Crippen molar-refractivity contribution >= 4 is 45.0 Å². The van der Waals surface area contributed by atoms with Gasteiger partial charge in [-0.25, -0.2) is 9.97 Å². The molecule has 0 aliphatic heterocycles. The SMILES string of the molecule is CCCC(=O)Nc1cncc(-c2cnc3[nH]nc(-c4nc5c(-c6cccs6)nccc5[nH]4)c3c2)c1. The maximum atomic E-state index is 12.0. The quantitative estimate of drug-likeness (QED) is 0.292. The molecule has 1 amide bonds. The molecule has 6 aromatic rings. The van der Waals surface area contributed by atoms with Crippen molar-refractivity contribution in [2.45, 2.75) is 19.8 Å². The maximum Gasteiger partial charge on any atom is 0.224 e. The summed E-state index contributed by atoms with van der Waals surface area (Å²) in [5.41, 5.74) is 6.20. The molecule has 0 bridgehead atoms. The second-order valence-corrected chi connectivity index (χ2v) is 9.02. The van der Waals surface area contributed by atoms with Crippen molar-refractivity contribution < 1.29 is 4.79 Å². The smallest absolute Gasteiger partial charge is 0.224 e. The Morgan fingerprint density at radius 1 is 1.09 bits per heavy atom. The third kappa shape index (κ3) is 3.93. The molecule has 0 unspecified atom stereocenters. The van der Waals surface area contributed by atoms with Gasteiger partial charge in [0.2, 0.25) is 5.91 Å². The highest BCUT2D eigenvalue weighted by molar-refractivity contribution is 7.13. The van der Waals surface area contributed by atoms with Gasteiger partial charge in [0.05, 0.1) is 27.7 Å². The van der Waals surface area contributed by atoms with Crippen LogP contribution in [0.25, 0.3) is 55.3 Å². The molecule has 6 rings (SSSR count). The molecule has 0 aliphatic carbocycles. The van der Waals surface area contributed by atoms with E-state index in [-0.39, 0.29) is 5.91 Å². The van der Waals surface area contributed by atoms with E-state index in [0.29, 0.717) is 29.3 Å². The van der Waals surface area contributed by atoms with Crippen LogP contribution in [-0.4, -0.2) is 41.0 Å². The van der Waals surface area contributed by atoms with Gasteiger partial charge in [0.15, 0.2) is 11.5 Å². The minimum atomic E-state index is -0.0292. The number of nitrogens with zero attached hydrogens (tertiary/aromatic N) is 5. The normalized spacial score (nSPS) is 11.3. The number of thiophene rings is 1. The van der Waals surface area contributed by atoms with Crippen molar-refractivity contribution in [3.8, 4) is 33.2 Å². The van der Waals surface area contributed by atoms with E-state index in [2.05, 4.69) is 35.5 Å². The van der Waals surface area contributed by atoms with Gasteiger partial charge in [0, 0.05) is 36.1 Å². The molecule has 6 heterocycles. The molecular weight excluding hydrogens is 460 g/mol. The number of hydrogen-bond acceptors (Lipinski definition) is 7. The minimum absolute atomic E-state index is 0.0292. The molecule has 0 radical (unpaired) electrons. The molecule has 0 atom stereocenters. The highest BCUT2D eigenvalue weighted by atomic mass is 32.1. The molecule has 0 saturated carbocycles. The van der Waals surface area contributed by atoms with E-state index >= 15 is 0 Å². The highest BCUT2D eigenvalue weighted by Crippen LogP contribution is 2.33. The monoisotopic (exact) mass is 480 g/mol. The van der Waals surface area contributed by atoms with Crippen molar-refractivity contribution in [1.82, 2.24) is 35.1 Å². The van der Waals surface area contributed by atoms with E-state index in [4.69, 9.17) is 4.98 Å². The van der Waals surface area contributed by atoms with Gasteiger partial charge in [-0.2, -0.15) is 5.10 Å². The zero-order valence-electron chi connectivity index (χ0n) is 18.7. The predicted molar refractivity (Wildman–Crippen MR) is 137 cm³/mol. The van der Waals surface area contributed by atoms with Crippen LogP contribution < -0.4 is 5.32 Å². The minimum Gasteiger partial charge on any atom is -0.336 e. The summed E-state index contributed by atoms with van der Waals surface area (Å²) in [5.74, 6) is 0.605. The third-order valence-electron chi connectivity index (χ3n) is 5.63. The van der Waals surface area contributed by atoms with E-state index in [1.807, 2.05) is 42.6 Å². The van der Waals surface area contributed by atoms with E-state index in [9.17, 15) is 4.79 Å². The summed E-state index contributed by atoms with van der Waals surface area (Å²) in [6.45, 7) is 1.97. The lowest BCUT2D eigenvalue weighted by Crippen LogP contribution is -2.10. The summed E-state index contributed by atoms with van der Waals surface area (Å²) in [4.78, 5) is 34.7. The van der Waals surface area contributed by atoms with Gasteiger partial charge in [-0.3, -0.25) is 19.9 Å². The number of amides is 1. The molecule has 0 saturated heterocycles. The van der Waals surface area contributed by atoms with Crippen LogP contribution in [0.3, 0.4) is 0 Å². The number of H-pyrrole nitrogens is 2. The average molecular weight is 481 g/mol. The lowest BCUT2D eigenvalue weighted by atomic mass is 10.1. The molecule has 10 heteroatoms. The summed E-state index contributed by atoms with van der Waals surface area (Å²) in [7, 11) is 0. The lowest BCUT2D eigenvalue weighted by Gasteiger charge is -2.07. The van der Waals surface area contributed by atoms with Gasteiger partial charge >= 0.3 is 0 Å². The molecule has 3 N–H and O–H groups in total. The average Bonchev–Trinajstić information content (AvgIpc) is 3.63. The molecule has 6 aromatic heterocycles. The zero-order chi connectivity index (χ0) is 23.8. The fourth-order valence-corrected chi connectivity index (χ4v) is 4.72. The lowest BCUT2D eigenvalue weighted by molar-refractivity contribution is -0.116. The van der Waals surface area contributed by atoms with Crippen LogP contribution in [0.5, 0.6) is 0 Å². The molecule has 0 spiro atoms. The number of anilines is 1. The molecule has 172 valence electrons. The zero-order valence-corrected chi connectivity index (χ0v) is 19.6. The van der Waals surface area contributed by atoms with Crippen molar-refractivity contribution in [2.75, 3.05) is 5.32 Å². The fraction of sp³-hybridized carbons (Fsp3) is 0.120. The molecular formula is C25H20N8OS. The van der Waals surface area contributed by atoms with Crippen LogP contribution >= 0.6 is 11.3 Å². The first-order valence-electron chi connectivity index (χ1n) is 11.2. The number of rotatable bonds is 6. The Morgan fingerprint density at radius 3 is 2.86 bits per heavy atom. The van der Waals surface area contributed by atoms with E-state index in [1.54, 1.807) is 36.1 Å². The molecule has 9 nitrogen and oxygen atoms in total. The number of aromatic nitrogens is 7. The van der Waals surface area contributed by atoms with Crippen LogP contribution in [0.4, 0.5) is 5.69 Å². The number of fused-ring (bicyclic) bond motifs is 2. The van der Waals surface area contributed by atoms with Crippen LogP contribution in [0, 0.1) is 0 Å². The summed E-state index contributed by atoms with van der Waals surface area (Å²) >= 11 is 1.63. The number of carbonyl (C=O) groups is 1. The van der Waals surface area contributed by atoms with Crippen molar-refractivity contribution in [1.29, 1.82) is 0 Å². The number of pyridine rings is 3. The summed E-state index contributed by atoms with van der Waals surface area (Å²) in [6.07, 6.45) is 8.18. The van der Waals surface area contributed by atoms with Crippen molar-refractivity contribution in [3.05, 3.63) is 60.5 Å². The summed E-state index contributed by atoms with van der Waals surface area (Å²) < 4.78 is 0. The Kier molecular flexibility index (Phi) is 5.27. The van der Waals surface area contributed by atoms with Crippen LogP contribution in [0.1, 0.15) is 19.8 Å². The fourth-order valence-electron chi connectivity index (χ4n) is 4.00. The Hall–Kier alpha value is -4.44. The molecule has 0 aliphatic rings. The Bertz CT molecular complexity index is 1670. The second kappa shape index (κ2) is 8.73. The maximum absolute atomic E-state index is 12.0. The van der Waals surface area contributed by atoms with Gasteiger partial charge in [0.1, 0.15) is 16.9 Å². The standard InChI is InChI=1S/C25H20N8OS/c1-2-4-20(34)29-16-9-14(11-26-13-16)15-10-17-21(32-33-24(17)28-12-15)25-30-18-6-7-27-23(22(18)31-25)19-5-3-8-35-19/h3,5-13H,2,4H2,1H3,(H,29,34)(H,30,31)(H,28,32,33). The van der Waals surface area contributed by atoms with Gasteiger partial charge in [0.25, 0.3) is 0 Å². The van der Waals surface area contributed by atoms with Gasteiger partial charge in [-0.1, -0.05) is 13.0 Å². The van der Waals surface area contributed by atoms with E-state index in [1.165, 1.54) is 0 Å². The van der Waals surface area contributed by atoms with E-state index in [0.717, 1.165) is 44.5 Å². The Balaban J connectivity index is 1.40. The first-order valence-corrected chi connectivity index (χ1v) is 12.1. The topological polar surface area (TPSA) is 125 Å². The largest absolute Gasteiger partial charge is 0.336 e. The summed E-state index contributed by atoms with van der Waals surface area (Å²) in [6, 6.07) is 9.84. The van der Waals surface area contributed by atoms with Crippen LogP contribution in [-0.2, 0) is 4.79 Å². The first-order chi connectivity index (χ1) is 17.2. The Labute approximate surface area is 203 Å². The molecule has 35 heavy (non-hydrogen) atoms. The van der Waals surface area contributed by atoms with Crippen molar-refractivity contribution in [2.24, 2.45) is 0 Å². The summed E-state index contributed by atoms with van der Waals surface area (Å²) in [5, 5.41) is 13.2. The molecule has 0 fully saturated rings. The van der Waals surface area contributed by atoms with E-state index < -0.39 is 0 Å². The second-order valence-electron chi connectivity index (χ2n) is 8.07. The number of imidazole rings is 1. The molecule has 0 aromatic carbocycles. The van der Waals surface area contributed by atoms with Crippen LogP contribution in [0.15, 0.2) is 60.5 Å². The Morgan fingerprint density at radius 2 is 2.00 bits per heavy atom. The number of carbonyl (C=O) groups excluding carboxylic acids is 1. The highest BCUT2D eigenvalue weighted by Gasteiger charge is 2.17. The number of aromatic amines is 2. The predicted octanol–water partition coefficient (Wildman–Crippen LogP) is 5.43. The van der Waals surface area contributed by atoms with Gasteiger partial charge in [-0.15, -0.1) is 11.3 Å². The number of hydrogen-bond donors (Lipinski definition) is 3. The number of nitrogens with one attached hydrogen (secondary N) is 3. The van der Waals surface area contributed by atoms with Crippen LogP contribution in [0.2, 0.25) is 0 Å².